The Hall–Kier alpha value is -3.44. The summed E-state index contributed by atoms with van der Waals surface area (Å²) in [5, 5.41) is 19.2. The van der Waals surface area contributed by atoms with E-state index in [1.807, 2.05) is 24.3 Å². The predicted molar refractivity (Wildman–Crippen MR) is 128 cm³/mol. The van der Waals surface area contributed by atoms with E-state index >= 15 is 0 Å². The number of rotatable bonds is 8. The molecule has 0 atom stereocenters. The second-order valence-corrected chi connectivity index (χ2v) is 10.00. The average molecular weight is 486 g/mol. The third-order valence-corrected chi connectivity index (χ3v) is 7.70. The van der Waals surface area contributed by atoms with Crippen LogP contribution in [0.4, 0.5) is 11.4 Å². The lowest BCUT2D eigenvalue weighted by Gasteiger charge is -2.20. The number of nitrogens with zero attached hydrogens (tertiary/aromatic N) is 4. The van der Waals surface area contributed by atoms with Crippen LogP contribution in [0.15, 0.2) is 59.6 Å². The van der Waals surface area contributed by atoms with Crippen LogP contribution in [-0.4, -0.2) is 47.6 Å². The molecule has 3 aromatic rings. The zero-order chi connectivity index (χ0) is 24.1. The largest absolute Gasteiger partial charge is 0.497 e. The van der Waals surface area contributed by atoms with Gasteiger partial charge in [-0.1, -0.05) is 12.8 Å². The van der Waals surface area contributed by atoms with Crippen LogP contribution < -0.4 is 10.1 Å². The predicted octanol–water partition coefficient (Wildman–Crippen LogP) is 3.97. The second-order valence-electron chi connectivity index (χ2n) is 8.06. The molecule has 34 heavy (non-hydrogen) atoms. The van der Waals surface area contributed by atoms with Crippen molar-refractivity contribution in [3.05, 3.63) is 70.5 Å². The molecule has 0 amide bonds. The van der Waals surface area contributed by atoms with E-state index in [0.717, 1.165) is 43.2 Å². The molecule has 0 saturated carbocycles. The van der Waals surface area contributed by atoms with Gasteiger partial charge in [0.25, 0.3) is 5.69 Å². The van der Waals surface area contributed by atoms with Crippen molar-refractivity contribution in [2.75, 3.05) is 25.5 Å². The van der Waals surface area contributed by atoms with Crippen LogP contribution in [0, 0.1) is 10.1 Å². The van der Waals surface area contributed by atoms with Gasteiger partial charge in [-0.15, -0.1) is 0 Å². The van der Waals surface area contributed by atoms with Crippen molar-refractivity contribution in [1.82, 2.24) is 14.1 Å². The number of sulfonamides is 1. The van der Waals surface area contributed by atoms with Crippen LogP contribution in [0.5, 0.6) is 5.75 Å². The summed E-state index contributed by atoms with van der Waals surface area (Å²) in [5.74, 6) is 0.742. The fraction of sp³-hybridized carbons (Fsp3) is 0.348. The average Bonchev–Trinajstić information content (AvgIpc) is 3.14. The molecule has 1 N–H and O–H groups in total. The zero-order valence-corrected chi connectivity index (χ0v) is 19.7. The summed E-state index contributed by atoms with van der Waals surface area (Å²) >= 11 is 0. The Morgan fingerprint density at radius 1 is 1.06 bits per heavy atom. The number of ether oxygens (including phenoxy) is 1. The lowest BCUT2D eigenvalue weighted by molar-refractivity contribution is -0.384. The van der Waals surface area contributed by atoms with Gasteiger partial charge in [-0.05, 0) is 55.3 Å². The molecule has 0 unspecified atom stereocenters. The molecule has 0 aliphatic carbocycles. The van der Waals surface area contributed by atoms with E-state index in [2.05, 4.69) is 10.4 Å². The van der Waals surface area contributed by atoms with Crippen LogP contribution in [0.2, 0.25) is 0 Å². The van der Waals surface area contributed by atoms with Crippen LogP contribution in [0.25, 0.3) is 5.69 Å². The highest BCUT2D eigenvalue weighted by atomic mass is 32.2. The Kier molecular flexibility index (Phi) is 7.13. The topological polar surface area (TPSA) is 120 Å². The summed E-state index contributed by atoms with van der Waals surface area (Å²) in [7, 11) is -2.18. The van der Waals surface area contributed by atoms with Crippen LogP contribution in [-0.2, 0) is 16.6 Å². The fourth-order valence-electron chi connectivity index (χ4n) is 3.92. The van der Waals surface area contributed by atoms with Crippen molar-refractivity contribution < 1.29 is 18.1 Å². The molecule has 1 aliphatic rings. The number of hydrogen-bond acceptors (Lipinski definition) is 7. The first-order valence-corrected chi connectivity index (χ1v) is 12.5. The molecule has 10 nitrogen and oxygen atoms in total. The van der Waals surface area contributed by atoms with E-state index in [1.165, 1.54) is 16.4 Å². The van der Waals surface area contributed by atoms with E-state index in [-0.39, 0.29) is 22.8 Å². The van der Waals surface area contributed by atoms with Crippen molar-refractivity contribution in [3.63, 3.8) is 0 Å². The summed E-state index contributed by atoms with van der Waals surface area (Å²) in [6, 6.07) is 13.2. The molecule has 4 rings (SSSR count). The SMILES string of the molecule is COc1ccc(-n2ccc(CNc3ccc(S(=O)(=O)N4CCCCCC4)cc3[N+](=O)[O-])n2)cc1. The van der Waals surface area contributed by atoms with E-state index < -0.39 is 14.9 Å². The van der Waals surface area contributed by atoms with Crippen molar-refractivity contribution in [3.8, 4) is 11.4 Å². The second kappa shape index (κ2) is 10.2. The lowest BCUT2D eigenvalue weighted by Crippen LogP contribution is -2.32. The summed E-state index contributed by atoms with van der Waals surface area (Å²) in [5.41, 5.74) is 1.47. The summed E-state index contributed by atoms with van der Waals surface area (Å²) in [4.78, 5) is 11.1. The number of nitrogens with one attached hydrogen (secondary N) is 1. The number of hydrogen-bond donors (Lipinski definition) is 1. The van der Waals surface area contributed by atoms with Crippen LogP contribution in [0.3, 0.4) is 0 Å². The molecule has 2 aromatic carbocycles. The first kappa shape index (κ1) is 23.7. The van der Waals surface area contributed by atoms with Gasteiger partial charge in [0.2, 0.25) is 10.0 Å². The standard InChI is InChI=1S/C23H27N5O5S/c1-33-20-8-6-19(7-9-20)27-15-12-18(25-27)17-24-22-11-10-21(16-23(22)28(29)30)34(31,32)26-13-4-2-3-5-14-26/h6-12,15-16,24H,2-5,13-14,17H2,1H3. The maximum absolute atomic E-state index is 13.0. The third-order valence-electron chi connectivity index (χ3n) is 5.81. The Bertz CT molecular complexity index is 1250. The van der Waals surface area contributed by atoms with Gasteiger partial charge in [0.05, 0.1) is 34.9 Å². The lowest BCUT2D eigenvalue weighted by atomic mass is 10.2. The first-order valence-electron chi connectivity index (χ1n) is 11.1. The van der Waals surface area contributed by atoms with Crippen molar-refractivity contribution in [2.24, 2.45) is 0 Å². The molecule has 0 spiro atoms. The van der Waals surface area contributed by atoms with Gasteiger partial charge in [0.15, 0.2) is 0 Å². The third kappa shape index (κ3) is 5.20. The Morgan fingerprint density at radius 3 is 2.41 bits per heavy atom. The molecule has 0 bridgehead atoms. The van der Waals surface area contributed by atoms with Crippen molar-refractivity contribution in [2.45, 2.75) is 37.1 Å². The van der Waals surface area contributed by atoms with Gasteiger partial charge in [-0.25, -0.2) is 13.1 Å². The zero-order valence-electron chi connectivity index (χ0n) is 18.9. The van der Waals surface area contributed by atoms with Gasteiger partial charge in [0.1, 0.15) is 11.4 Å². The monoisotopic (exact) mass is 485 g/mol. The number of nitro benzene ring substituents is 1. The van der Waals surface area contributed by atoms with E-state index in [9.17, 15) is 18.5 Å². The molecular weight excluding hydrogens is 458 g/mol. The highest BCUT2D eigenvalue weighted by Gasteiger charge is 2.28. The van der Waals surface area contributed by atoms with Gasteiger partial charge in [-0.2, -0.15) is 9.40 Å². The van der Waals surface area contributed by atoms with E-state index in [4.69, 9.17) is 4.74 Å². The maximum atomic E-state index is 13.0. The van der Waals surface area contributed by atoms with Crippen LogP contribution >= 0.6 is 0 Å². The van der Waals surface area contributed by atoms with Gasteiger partial charge in [-0.3, -0.25) is 10.1 Å². The van der Waals surface area contributed by atoms with Gasteiger partial charge >= 0.3 is 0 Å². The minimum atomic E-state index is -3.78. The van der Waals surface area contributed by atoms with Crippen molar-refractivity contribution in [1.29, 1.82) is 0 Å². The summed E-state index contributed by atoms with van der Waals surface area (Å²) in [6.07, 6.45) is 5.37. The molecular formula is C23H27N5O5S. The number of aromatic nitrogens is 2. The van der Waals surface area contributed by atoms with Crippen molar-refractivity contribution >= 4 is 21.4 Å². The highest BCUT2D eigenvalue weighted by Crippen LogP contribution is 2.30. The fourth-order valence-corrected chi connectivity index (χ4v) is 5.46. The molecule has 11 heteroatoms. The summed E-state index contributed by atoms with van der Waals surface area (Å²) < 4.78 is 34.4. The molecule has 180 valence electrons. The smallest absolute Gasteiger partial charge is 0.293 e. The Balaban J connectivity index is 1.50. The molecule has 1 aromatic heterocycles. The Labute approximate surface area is 198 Å². The number of nitro groups is 1. The van der Waals surface area contributed by atoms with E-state index in [1.54, 1.807) is 24.1 Å². The number of anilines is 1. The molecule has 2 heterocycles. The van der Waals surface area contributed by atoms with Gasteiger partial charge < -0.3 is 10.1 Å². The van der Waals surface area contributed by atoms with E-state index in [0.29, 0.717) is 18.8 Å². The normalized spacial score (nSPS) is 15.0. The first-order chi connectivity index (χ1) is 16.4. The molecule has 1 aliphatic heterocycles. The minimum absolute atomic E-state index is 0.0598. The minimum Gasteiger partial charge on any atom is -0.497 e. The maximum Gasteiger partial charge on any atom is 0.293 e. The number of methoxy groups -OCH3 is 1. The quantitative estimate of drug-likeness (QED) is 0.379. The number of benzene rings is 2. The molecule has 0 radical (unpaired) electrons. The van der Waals surface area contributed by atoms with Crippen LogP contribution in [0.1, 0.15) is 31.4 Å². The van der Waals surface area contributed by atoms with Gasteiger partial charge in [0, 0.05) is 25.4 Å². The molecule has 1 fully saturated rings. The Morgan fingerprint density at radius 2 is 1.76 bits per heavy atom. The summed E-state index contributed by atoms with van der Waals surface area (Å²) in [6.45, 7) is 1.11. The highest BCUT2D eigenvalue weighted by molar-refractivity contribution is 7.89. The molecule has 1 saturated heterocycles.